The number of nitrogens with one attached hydrogen (secondary N) is 2. The number of primary amides is 1. The van der Waals surface area contributed by atoms with Gasteiger partial charge < -0.3 is 15.7 Å². The number of carbonyl (C=O) groups excluding carboxylic acids is 1. The second kappa shape index (κ2) is 8.27. The monoisotopic (exact) mass is 522 g/mol. The van der Waals surface area contributed by atoms with Crippen LogP contribution in [0.4, 0.5) is 8.78 Å². The highest BCUT2D eigenvalue weighted by atomic mass is 35.5. The summed E-state index contributed by atoms with van der Waals surface area (Å²) in [5, 5.41) is 0.680. The van der Waals surface area contributed by atoms with Gasteiger partial charge in [-0.3, -0.25) is 9.59 Å². The quantitative estimate of drug-likeness (QED) is 0.367. The predicted molar refractivity (Wildman–Crippen MR) is 138 cm³/mol. The number of allylic oxidation sites excluding steroid dienone is 4. The number of benzene rings is 2. The molecule has 188 valence electrons. The number of aryl methyl sites for hydroxylation is 1. The van der Waals surface area contributed by atoms with E-state index >= 15 is 0 Å². The molecule has 0 saturated carbocycles. The Bertz CT molecular complexity index is 1850. The van der Waals surface area contributed by atoms with Crippen molar-refractivity contribution in [3.05, 3.63) is 96.3 Å². The van der Waals surface area contributed by atoms with Gasteiger partial charge in [0.05, 0.1) is 28.0 Å². The zero-order valence-electron chi connectivity index (χ0n) is 19.6. The van der Waals surface area contributed by atoms with Gasteiger partial charge in [0.2, 0.25) is 0 Å². The van der Waals surface area contributed by atoms with E-state index < -0.39 is 34.8 Å². The van der Waals surface area contributed by atoms with Gasteiger partial charge in [-0.2, -0.15) is 0 Å². The highest BCUT2D eigenvalue weighted by Crippen LogP contribution is 2.44. The Balaban J connectivity index is 1.62. The molecule has 0 saturated heterocycles. The topological polar surface area (TPSA) is 114 Å². The molecular weight excluding hydrogens is 502 g/mol. The molecule has 0 spiro atoms. The van der Waals surface area contributed by atoms with Crippen LogP contribution >= 0.6 is 11.6 Å². The first kappa shape index (κ1) is 23.4. The normalized spacial score (nSPS) is 19.0. The van der Waals surface area contributed by atoms with Crippen LogP contribution in [-0.2, 0) is 12.8 Å². The number of nitrogens with zero attached hydrogens (tertiary/aromatic N) is 1. The van der Waals surface area contributed by atoms with Crippen molar-refractivity contribution in [3.63, 3.8) is 0 Å². The molecule has 2 aromatic carbocycles. The van der Waals surface area contributed by atoms with E-state index in [1.165, 1.54) is 6.07 Å². The van der Waals surface area contributed by atoms with Gasteiger partial charge in [-0.05, 0) is 48.4 Å². The molecule has 10 heteroatoms. The van der Waals surface area contributed by atoms with E-state index in [4.69, 9.17) is 17.3 Å². The maximum Gasteiger partial charge on any atom is 0.329 e. The fourth-order valence-electron chi connectivity index (χ4n) is 5.66. The van der Waals surface area contributed by atoms with Crippen LogP contribution in [-0.4, -0.2) is 20.4 Å². The Morgan fingerprint density at radius 1 is 1.16 bits per heavy atom. The molecule has 0 bridgehead atoms. The van der Waals surface area contributed by atoms with Crippen molar-refractivity contribution in [2.75, 3.05) is 0 Å². The molecular formula is C27H21ClF2N4O3. The molecule has 7 nitrogen and oxygen atoms in total. The lowest BCUT2D eigenvalue weighted by Crippen LogP contribution is -2.38. The van der Waals surface area contributed by atoms with Gasteiger partial charge >= 0.3 is 5.69 Å². The third-order valence-corrected chi connectivity index (χ3v) is 7.63. The minimum atomic E-state index is -1.03. The average molecular weight is 523 g/mol. The summed E-state index contributed by atoms with van der Waals surface area (Å²) < 4.78 is 29.2. The average Bonchev–Trinajstić information content (AvgIpc) is 3.44. The number of rotatable bonds is 3. The summed E-state index contributed by atoms with van der Waals surface area (Å²) in [5.41, 5.74) is 7.55. The van der Waals surface area contributed by atoms with Crippen molar-refractivity contribution >= 4 is 44.9 Å². The van der Waals surface area contributed by atoms with Gasteiger partial charge in [-0.1, -0.05) is 36.8 Å². The zero-order valence-corrected chi connectivity index (χ0v) is 20.4. The van der Waals surface area contributed by atoms with E-state index in [0.29, 0.717) is 28.6 Å². The smallest absolute Gasteiger partial charge is 0.329 e. The molecule has 1 unspecified atom stereocenters. The van der Waals surface area contributed by atoms with Crippen LogP contribution in [0.3, 0.4) is 0 Å². The molecule has 0 fully saturated rings. The second-order valence-corrected chi connectivity index (χ2v) is 10.1. The summed E-state index contributed by atoms with van der Waals surface area (Å²) in [6.07, 6.45) is 7.55. The summed E-state index contributed by atoms with van der Waals surface area (Å²) in [4.78, 5) is 44.5. The van der Waals surface area contributed by atoms with Gasteiger partial charge in [0.1, 0.15) is 5.82 Å². The summed E-state index contributed by atoms with van der Waals surface area (Å²) in [7, 11) is 0. The van der Waals surface area contributed by atoms with E-state index in [1.807, 2.05) is 0 Å². The van der Waals surface area contributed by atoms with Gasteiger partial charge in [-0.25, -0.2) is 18.1 Å². The minimum Gasteiger partial charge on any atom is -0.366 e. The van der Waals surface area contributed by atoms with Crippen molar-refractivity contribution in [2.45, 2.75) is 32.2 Å². The van der Waals surface area contributed by atoms with Gasteiger partial charge in [0.25, 0.3) is 11.5 Å². The van der Waals surface area contributed by atoms with Crippen LogP contribution < -0.4 is 17.0 Å². The second-order valence-electron chi connectivity index (χ2n) is 9.69. The van der Waals surface area contributed by atoms with Crippen LogP contribution in [0, 0.1) is 17.6 Å². The SMILES string of the molecule is C[C@H]1CCc2c([nH]c3c(C(N)=O)cc(Cl)c(C4=CC=CC4n4c(=O)[nH]c5c(F)cc(F)cc5c4=O)c23)C1. The van der Waals surface area contributed by atoms with E-state index in [1.54, 1.807) is 18.2 Å². The van der Waals surface area contributed by atoms with Crippen LogP contribution in [0.5, 0.6) is 0 Å². The Labute approximate surface area is 213 Å². The van der Waals surface area contributed by atoms with Crippen molar-refractivity contribution in [1.82, 2.24) is 14.5 Å². The van der Waals surface area contributed by atoms with Gasteiger partial charge in [-0.15, -0.1) is 0 Å². The fraction of sp³-hybridized carbons (Fsp3) is 0.222. The first-order chi connectivity index (χ1) is 17.7. The molecule has 0 radical (unpaired) electrons. The number of hydrogen-bond acceptors (Lipinski definition) is 3. The Kier molecular flexibility index (Phi) is 5.24. The number of fused-ring (bicyclic) bond motifs is 4. The molecule has 2 aliphatic carbocycles. The Morgan fingerprint density at radius 3 is 2.70 bits per heavy atom. The molecule has 1 amide bonds. The maximum absolute atomic E-state index is 14.3. The lowest BCUT2D eigenvalue weighted by Gasteiger charge is -2.21. The first-order valence-electron chi connectivity index (χ1n) is 11.8. The highest BCUT2D eigenvalue weighted by molar-refractivity contribution is 6.35. The first-order valence-corrected chi connectivity index (χ1v) is 12.2. The van der Waals surface area contributed by atoms with Crippen LogP contribution in [0.25, 0.3) is 27.4 Å². The molecule has 4 aromatic rings. The van der Waals surface area contributed by atoms with Crippen molar-refractivity contribution in [2.24, 2.45) is 11.7 Å². The van der Waals surface area contributed by atoms with E-state index in [9.17, 15) is 23.2 Å². The van der Waals surface area contributed by atoms with E-state index in [2.05, 4.69) is 16.9 Å². The third-order valence-electron chi connectivity index (χ3n) is 7.34. The maximum atomic E-state index is 14.3. The lowest BCUT2D eigenvalue weighted by atomic mass is 9.85. The number of aromatic nitrogens is 3. The van der Waals surface area contributed by atoms with Crippen molar-refractivity contribution in [1.29, 1.82) is 0 Å². The molecule has 2 atom stereocenters. The number of H-pyrrole nitrogens is 2. The summed E-state index contributed by atoms with van der Waals surface area (Å²) in [6, 6.07) is 2.09. The Hall–Kier alpha value is -3.98. The number of halogens is 3. The lowest BCUT2D eigenvalue weighted by molar-refractivity contribution is 0.100. The predicted octanol–water partition coefficient (Wildman–Crippen LogP) is 4.52. The van der Waals surface area contributed by atoms with Crippen LogP contribution in [0.2, 0.25) is 5.02 Å². The van der Waals surface area contributed by atoms with Crippen LogP contribution in [0.15, 0.2) is 46.0 Å². The fourth-order valence-corrected chi connectivity index (χ4v) is 5.97. The highest BCUT2D eigenvalue weighted by Gasteiger charge is 2.31. The molecule has 6 rings (SSSR count). The number of aromatic amines is 2. The van der Waals surface area contributed by atoms with E-state index in [-0.39, 0.29) is 21.5 Å². The van der Waals surface area contributed by atoms with Gasteiger partial charge in [0, 0.05) is 27.7 Å². The summed E-state index contributed by atoms with van der Waals surface area (Å²) >= 11 is 6.77. The third kappa shape index (κ3) is 3.48. The van der Waals surface area contributed by atoms with Gasteiger partial charge in [0.15, 0.2) is 5.82 Å². The zero-order chi connectivity index (χ0) is 26.2. The number of nitrogens with two attached hydrogens (primary N) is 1. The standard InChI is InChI=1S/C27H21ClF2N4O3/c1-11-5-6-13-19(7-11)32-24-15(25(31)35)10-17(28)21(22(13)24)14-3-2-4-20(14)34-26(36)16-8-12(29)9-18(30)23(16)33-27(34)37/h2-4,8-11,20,32H,5-7H2,1H3,(H2,31,35)(H,33,37)/t11-,20?/m0/s1. The largest absolute Gasteiger partial charge is 0.366 e. The van der Waals surface area contributed by atoms with Crippen molar-refractivity contribution < 1.29 is 13.6 Å². The number of carbonyl (C=O) groups is 1. The molecule has 2 aromatic heterocycles. The summed E-state index contributed by atoms with van der Waals surface area (Å²) in [6.45, 7) is 2.15. The molecule has 37 heavy (non-hydrogen) atoms. The Morgan fingerprint density at radius 2 is 1.95 bits per heavy atom. The van der Waals surface area contributed by atoms with E-state index in [0.717, 1.165) is 46.5 Å². The molecule has 0 aliphatic heterocycles. The van der Waals surface area contributed by atoms with Crippen molar-refractivity contribution in [3.8, 4) is 0 Å². The minimum absolute atomic E-state index is 0.240. The summed E-state index contributed by atoms with van der Waals surface area (Å²) in [5.74, 6) is -2.15. The van der Waals surface area contributed by atoms with Crippen LogP contribution in [0.1, 0.15) is 46.6 Å². The molecule has 2 aliphatic rings. The number of amides is 1. The molecule has 4 N–H and O–H groups in total. The molecule has 2 heterocycles. The number of hydrogen-bond donors (Lipinski definition) is 3.